The molecule has 0 bridgehead atoms. The first-order chi connectivity index (χ1) is 44.2. The van der Waals surface area contributed by atoms with Gasteiger partial charge in [-0.05, 0) is 55.9 Å². The monoisotopic (exact) mass is 1340 g/mol. The highest BCUT2D eigenvalue weighted by Gasteiger charge is 2.38. The standard InChI is InChI=1S/C61H105N10O19PS/c1-45(2)38-50(67-61(79)53-17-13-21-71(53)54(73)18-22-83-24-26-85-28-30-87-32-34-89-36-37-90-35-33-88-31-29-86-27-25-84-23-19-65-57(75)49(62)43-92)58(76)66-51(59(77)68-52(41-72)60(78)69-55(56(63)74)46(3)42-91(80,81)82)39-48-40-64-44-70(48)20-12-7-5-4-6-9-14-47-15-10-8-11-16-47/h8,10-11,15-16,40,44-46,49-53,55,72,92H,4-7,9,12-14,17-39,41-43,62H2,1-3H3,(H2,63,74)(H,65,75)(H,66,76)(H,67,79)(H,68,77)(H,69,78)(H2,80,81,82)/t46-,49-,50-,51-,52-,53-,55?/m0/s1. The second-order valence-corrected chi connectivity index (χ2v) is 24.9. The molecule has 1 unspecified atom stereocenters. The molecule has 1 aliphatic rings. The maximum Gasteiger partial charge on any atom is 0.325 e. The van der Waals surface area contributed by atoms with Gasteiger partial charge in [0.05, 0.1) is 137 Å². The number of nitrogens with two attached hydrogens (primary N) is 2. The summed E-state index contributed by atoms with van der Waals surface area (Å²) in [7, 11) is -4.65. The number of carbonyl (C=O) groups excluding carboxylic acids is 7. The van der Waals surface area contributed by atoms with Gasteiger partial charge in [0.15, 0.2) is 0 Å². The van der Waals surface area contributed by atoms with Crippen molar-refractivity contribution in [2.45, 2.75) is 141 Å². The van der Waals surface area contributed by atoms with E-state index in [1.54, 1.807) is 12.5 Å². The minimum atomic E-state index is -4.65. The fourth-order valence-corrected chi connectivity index (χ4v) is 10.9. The van der Waals surface area contributed by atoms with Crippen LogP contribution in [0.25, 0.3) is 0 Å². The maximum atomic E-state index is 14.4. The second kappa shape index (κ2) is 48.5. The van der Waals surface area contributed by atoms with Crippen LogP contribution in [0.5, 0.6) is 0 Å². The number of aliphatic hydroxyl groups is 1. The van der Waals surface area contributed by atoms with Crippen molar-refractivity contribution in [1.29, 1.82) is 0 Å². The number of carbonyl (C=O) groups is 7. The Kier molecular flexibility index (Phi) is 42.7. The number of primary amides is 1. The fourth-order valence-electron chi connectivity index (χ4n) is 9.78. The first-order valence-electron chi connectivity index (χ1n) is 32.0. The lowest BCUT2D eigenvalue weighted by molar-refractivity contribution is -0.140. The number of hydrogen-bond donors (Lipinski definition) is 11. The third-order valence-corrected chi connectivity index (χ3v) is 16.1. The first-order valence-corrected chi connectivity index (χ1v) is 34.4. The number of imidazole rings is 1. The molecule has 12 N–H and O–H groups in total. The molecule has 7 amide bonds. The normalized spacial score (nSPS) is 15.3. The number of amides is 7. The van der Waals surface area contributed by atoms with Gasteiger partial charge in [-0.15, -0.1) is 0 Å². The second-order valence-electron chi connectivity index (χ2n) is 22.8. The van der Waals surface area contributed by atoms with Crippen LogP contribution in [0.4, 0.5) is 0 Å². The summed E-state index contributed by atoms with van der Waals surface area (Å²) in [6.07, 6.45) is 10.3. The van der Waals surface area contributed by atoms with Gasteiger partial charge in [0.1, 0.15) is 30.2 Å². The number of likely N-dealkylation sites (tertiary alicyclic amines) is 1. The number of nitrogens with one attached hydrogen (secondary N) is 5. The Morgan fingerprint density at radius 2 is 1.18 bits per heavy atom. The Morgan fingerprint density at radius 1 is 0.674 bits per heavy atom. The summed E-state index contributed by atoms with van der Waals surface area (Å²) in [5, 5.41) is 23.3. The molecule has 3 rings (SSSR count). The number of hydrogen-bond acceptors (Lipinski definition) is 20. The predicted octanol–water partition coefficient (Wildman–Crippen LogP) is 0.173. The molecule has 0 saturated carbocycles. The van der Waals surface area contributed by atoms with Crippen molar-refractivity contribution < 1.29 is 90.9 Å². The molecule has 1 aliphatic heterocycles. The zero-order valence-corrected chi connectivity index (χ0v) is 55.8. The number of unbranched alkanes of at least 4 members (excludes halogenated alkanes) is 5. The molecule has 2 heterocycles. The van der Waals surface area contributed by atoms with Crippen molar-refractivity contribution >= 4 is 61.6 Å². The van der Waals surface area contributed by atoms with Crippen molar-refractivity contribution in [2.75, 3.05) is 137 Å². The van der Waals surface area contributed by atoms with E-state index in [9.17, 15) is 53.0 Å². The molecule has 31 heteroatoms. The lowest BCUT2D eigenvalue weighted by Crippen LogP contribution is -2.60. The summed E-state index contributed by atoms with van der Waals surface area (Å²) in [5.41, 5.74) is 13.0. The lowest BCUT2D eigenvalue weighted by Gasteiger charge is -2.29. The van der Waals surface area contributed by atoms with Crippen LogP contribution in [0.3, 0.4) is 0 Å². The molecular formula is C61H105N10O19PS. The quantitative estimate of drug-likeness (QED) is 0.0239. The van der Waals surface area contributed by atoms with E-state index >= 15 is 0 Å². The van der Waals surface area contributed by atoms with Crippen LogP contribution in [0, 0.1) is 11.8 Å². The van der Waals surface area contributed by atoms with Crippen molar-refractivity contribution in [1.82, 2.24) is 41.0 Å². The van der Waals surface area contributed by atoms with E-state index in [1.165, 1.54) is 17.4 Å². The van der Waals surface area contributed by atoms with E-state index in [4.69, 9.17) is 49.4 Å². The molecule has 0 aliphatic carbocycles. The van der Waals surface area contributed by atoms with Crippen LogP contribution in [0.2, 0.25) is 0 Å². The van der Waals surface area contributed by atoms with E-state index in [0.717, 1.165) is 44.9 Å². The summed E-state index contributed by atoms with van der Waals surface area (Å²) in [4.78, 5) is 119. The Balaban J connectivity index is 1.42. The minimum absolute atomic E-state index is 0.0000160. The van der Waals surface area contributed by atoms with Gasteiger partial charge in [0.2, 0.25) is 41.4 Å². The Morgan fingerprint density at radius 3 is 1.72 bits per heavy atom. The Hall–Kier alpha value is -5.18. The average molecular weight is 1350 g/mol. The van der Waals surface area contributed by atoms with E-state index in [2.05, 4.69) is 56.3 Å². The average Bonchev–Trinajstić information content (AvgIpc) is 2.09. The Bertz CT molecular complexity index is 2450. The highest BCUT2D eigenvalue weighted by Crippen LogP contribution is 2.37. The topological polar surface area (TPSA) is 404 Å². The highest BCUT2D eigenvalue weighted by molar-refractivity contribution is 7.80. The summed E-state index contributed by atoms with van der Waals surface area (Å²) in [6.45, 7) is 10.9. The van der Waals surface area contributed by atoms with E-state index in [-0.39, 0.29) is 62.6 Å². The number of aliphatic hydroxyl groups excluding tert-OH is 1. The smallest absolute Gasteiger partial charge is 0.325 e. The molecule has 524 valence electrons. The highest BCUT2D eigenvalue weighted by atomic mass is 32.1. The van der Waals surface area contributed by atoms with Gasteiger partial charge in [-0.3, -0.25) is 38.1 Å². The minimum Gasteiger partial charge on any atom is -0.394 e. The van der Waals surface area contributed by atoms with Crippen LogP contribution in [0.1, 0.15) is 96.2 Å². The predicted molar refractivity (Wildman–Crippen MR) is 344 cm³/mol. The molecule has 0 radical (unpaired) electrons. The number of rotatable bonds is 55. The van der Waals surface area contributed by atoms with Crippen LogP contribution < -0.4 is 38.1 Å². The number of nitrogens with zero attached hydrogens (tertiary/aromatic N) is 3. The van der Waals surface area contributed by atoms with Gasteiger partial charge in [-0.25, -0.2) is 4.98 Å². The maximum absolute atomic E-state index is 14.4. The van der Waals surface area contributed by atoms with Crippen molar-refractivity contribution in [3.63, 3.8) is 0 Å². The number of ether oxygens (including phenoxy) is 8. The van der Waals surface area contributed by atoms with Gasteiger partial charge in [0, 0.05) is 43.7 Å². The van der Waals surface area contributed by atoms with Gasteiger partial charge in [-0.2, -0.15) is 12.6 Å². The van der Waals surface area contributed by atoms with Gasteiger partial charge < -0.3 is 100 Å². The molecule has 1 aromatic carbocycles. The lowest BCUT2D eigenvalue weighted by atomic mass is 10.0. The molecule has 29 nitrogen and oxygen atoms in total. The van der Waals surface area contributed by atoms with Gasteiger partial charge >= 0.3 is 7.60 Å². The van der Waals surface area contributed by atoms with Crippen LogP contribution in [-0.4, -0.2) is 244 Å². The van der Waals surface area contributed by atoms with Crippen LogP contribution in [-0.2, 0) is 95.4 Å². The van der Waals surface area contributed by atoms with E-state index < -0.39 is 92.1 Å². The van der Waals surface area contributed by atoms with Crippen molar-refractivity contribution in [2.24, 2.45) is 23.3 Å². The summed E-state index contributed by atoms with van der Waals surface area (Å²) in [5.74, 6) is -5.94. The molecule has 0 spiro atoms. The third-order valence-electron chi connectivity index (χ3n) is 14.7. The molecule has 1 aromatic heterocycles. The molecule has 1 fully saturated rings. The van der Waals surface area contributed by atoms with Crippen LogP contribution >= 0.6 is 20.2 Å². The molecular weight excluding hydrogens is 1240 g/mol. The Labute approximate surface area is 546 Å². The third kappa shape index (κ3) is 35.9. The number of aromatic nitrogens is 2. The number of benzene rings is 1. The van der Waals surface area contributed by atoms with Crippen molar-refractivity contribution in [3.8, 4) is 0 Å². The van der Waals surface area contributed by atoms with Gasteiger partial charge in [0.25, 0.3) is 0 Å². The zero-order chi connectivity index (χ0) is 67.4. The first kappa shape index (κ1) is 81.1. The van der Waals surface area contributed by atoms with E-state index in [1.807, 2.05) is 36.6 Å². The van der Waals surface area contributed by atoms with Crippen molar-refractivity contribution in [3.05, 3.63) is 54.1 Å². The van der Waals surface area contributed by atoms with E-state index in [0.29, 0.717) is 124 Å². The number of thiol groups is 1. The molecule has 1 saturated heterocycles. The summed E-state index contributed by atoms with van der Waals surface area (Å²) >= 11 is 3.99. The summed E-state index contributed by atoms with van der Waals surface area (Å²) < 4.78 is 57.8. The SMILES string of the molecule is CC(C)C[C@H](NC(=O)[C@@H]1CCCN1C(=O)CCOCCOCCOCCOCCOCCOCCOCCOCCNC(=O)[C@@H](N)CS)C(=O)N[C@@H](Cc1cncn1CCCCCCCCc1ccccc1)C(=O)N[C@@H](CO)C(=O)NC(C(N)=O)[C@@H](C)CP(=O)(O)O. The zero-order valence-electron chi connectivity index (χ0n) is 54.0. The number of aryl methyl sites for hydroxylation is 2. The summed E-state index contributed by atoms with van der Waals surface area (Å²) in [6, 6.07) is 2.96. The largest absolute Gasteiger partial charge is 0.394 e. The molecule has 7 atom stereocenters. The van der Waals surface area contributed by atoms with Crippen LogP contribution in [0.15, 0.2) is 42.9 Å². The molecule has 2 aromatic rings. The van der Waals surface area contributed by atoms with Gasteiger partial charge in [-0.1, -0.05) is 76.8 Å². The molecule has 92 heavy (non-hydrogen) atoms. The fraction of sp³-hybridized carbons (Fsp3) is 0.738.